The molecule has 0 saturated carbocycles. The second-order valence-corrected chi connectivity index (χ2v) is 4.89. The number of nitrogens with one attached hydrogen (secondary N) is 1. The van der Waals surface area contributed by atoms with Gasteiger partial charge in [0.25, 0.3) is 0 Å². The molecule has 0 aliphatic carbocycles. The molecule has 0 fully saturated rings. The Balaban J connectivity index is 2.02. The molecule has 2 aromatic rings. The predicted molar refractivity (Wildman–Crippen MR) is 76.9 cm³/mol. The second kappa shape index (κ2) is 6.72. The molecule has 1 aromatic carbocycles. The van der Waals surface area contributed by atoms with E-state index >= 15 is 0 Å². The zero-order valence-corrected chi connectivity index (χ0v) is 12.6. The van der Waals surface area contributed by atoms with Crippen molar-refractivity contribution >= 4 is 11.6 Å². The van der Waals surface area contributed by atoms with Gasteiger partial charge >= 0.3 is 0 Å². The summed E-state index contributed by atoms with van der Waals surface area (Å²) in [5, 5.41) is 7.68. The van der Waals surface area contributed by atoms with Gasteiger partial charge in [0.05, 0.1) is 5.02 Å². The number of ether oxygens (including phenoxy) is 1. The molecule has 0 bridgehead atoms. The molecule has 0 spiro atoms. The highest BCUT2D eigenvalue weighted by atomic mass is 35.5. The Bertz CT molecular complexity index is 571. The van der Waals surface area contributed by atoms with Crippen LogP contribution in [0.4, 0.5) is 0 Å². The minimum Gasteiger partial charge on any atom is -0.484 e. The lowest BCUT2D eigenvalue weighted by atomic mass is 10.1. The summed E-state index contributed by atoms with van der Waals surface area (Å²) < 4.78 is 10.5. The zero-order chi connectivity index (χ0) is 14.5. The molecule has 0 aliphatic heterocycles. The average molecular weight is 296 g/mol. The summed E-state index contributed by atoms with van der Waals surface area (Å²) in [7, 11) is 0. The van der Waals surface area contributed by atoms with Crippen LogP contribution in [0.2, 0.25) is 5.02 Å². The Labute approximate surface area is 123 Å². The zero-order valence-electron chi connectivity index (χ0n) is 11.8. The molecule has 0 radical (unpaired) electrons. The van der Waals surface area contributed by atoms with E-state index in [2.05, 4.69) is 29.3 Å². The van der Waals surface area contributed by atoms with Gasteiger partial charge in [0.1, 0.15) is 5.75 Å². The number of hydrogen-bond acceptors (Lipinski definition) is 5. The molecule has 2 rings (SSSR count). The maximum absolute atomic E-state index is 6.23. The molecule has 1 aromatic heterocycles. The van der Waals surface area contributed by atoms with E-state index < -0.39 is 0 Å². The number of aryl methyl sites for hydroxylation is 1. The van der Waals surface area contributed by atoms with Crippen molar-refractivity contribution in [3.05, 3.63) is 40.5 Å². The van der Waals surface area contributed by atoms with Crippen molar-refractivity contribution in [3.63, 3.8) is 0 Å². The molecule has 5 nitrogen and oxygen atoms in total. The van der Waals surface area contributed by atoms with Gasteiger partial charge in [-0.15, -0.1) is 0 Å². The number of hydrogen-bond donors (Lipinski definition) is 1. The van der Waals surface area contributed by atoms with Crippen molar-refractivity contribution in [2.45, 2.75) is 33.4 Å². The molecule has 6 heteroatoms. The number of nitrogens with zero attached hydrogens (tertiary/aromatic N) is 2. The summed E-state index contributed by atoms with van der Waals surface area (Å²) in [4.78, 5) is 4.07. The van der Waals surface area contributed by atoms with E-state index in [1.165, 1.54) is 0 Å². The Morgan fingerprint density at radius 2 is 2.25 bits per heavy atom. The lowest BCUT2D eigenvalue weighted by Gasteiger charge is -2.14. The van der Waals surface area contributed by atoms with Gasteiger partial charge in [0.2, 0.25) is 11.7 Å². The van der Waals surface area contributed by atoms with E-state index in [1.807, 2.05) is 18.2 Å². The van der Waals surface area contributed by atoms with Gasteiger partial charge in [-0.05, 0) is 31.2 Å². The standard InChI is InChI=1S/C14H18ClN3O2/c1-4-16-9(2)11-5-6-13(12(15)7-11)19-8-14-17-10(3)20-18-14/h5-7,9,16H,4,8H2,1-3H3. The van der Waals surface area contributed by atoms with Crippen LogP contribution >= 0.6 is 11.6 Å². The van der Waals surface area contributed by atoms with Crippen molar-refractivity contribution in [1.29, 1.82) is 0 Å². The van der Waals surface area contributed by atoms with Gasteiger partial charge in [0.15, 0.2) is 6.61 Å². The topological polar surface area (TPSA) is 60.2 Å². The third-order valence-corrected chi connectivity index (χ3v) is 3.19. The quantitative estimate of drug-likeness (QED) is 0.886. The van der Waals surface area contributed by atoms with E-state index in [1.54, 1.807) is 6.92 Å². The fraction of sp³-hybridized carbons (Fsp3) is 0.429. The monoisotopic (exact) mass is 295 g/mol. The summed E-state index contributed by atoms with van der Waals surface area (Å²) in [5.41, 5.74) is 1.12. The van der Waals surface area contributed by atoms with Gasteiger partial charge in [-0.1, -0.05) is 29.7 Å². The molecular formula is C14H18ClN3O2. The van der Waals surface area contributed by atoms with Gasteiger partial charge < -0.3 is 14.6 Å². The van der Waals surface area contributed by atoms with E-state index in [4.69, 9.17) is 20.9 Å². The van der Waals surface area contributed by atoms with Crippen molar-refractivity contribution in [3.8, 4) is 5.75 Å². The van der Waals surface area contributed by atoms with Crippen LogP contribution in [-0.2, 0) is 6.61 Å². The number of aromatic nitrogens is 2. The predicted octanol–water partition coefficient (Wildman–Crippen LogP) is 3.28. The first-order valence-corrected chi connectivity index (χ1v) is 6.92. The first kappa shape index (κ1) is 14.8. The van der Waals surface area contributed by atoms with Crippen LogP contribution in [0.3, 0.4) is 0 Å². The summed E-state index contributed by atoms with van der Waals surface area (Å²) in [6.45, 7) is 7.05. The third kappa shape index (κ3) is 3.71. The lowest BCUT2D eigenvalue weighted by molar-refractivity contribution is 0.286. The second-order valence-electron chi connectivity index (χ2n) is 4.49. The minimum absolute atomic E-state index is 0.235. The molecule has 108 valence electrons. The van der Waals surface area contributed by atoms with Crippen molar-refractivity contribution in [2.24, 2.45) is 0 Å². The van der Waals surface area contributed by atoms with E-state index in [0.717, 1.165) is 12.1 Å². The smallest absolute Gasteiger partial charge is 0.223 e. The molecule has 0 aliphatic rings. The first-order valence-electron chi connectivity index (χ1n) is 6.55. The molecule has 1 heterocycles. The Kier molecular flexibility index (Phi) is 4.98. The maximum atomic E-state index is 6.23. The largest absolute Gasteiger partial charge is 0.484 e. The number of halogens is 1. The molecule has 0 saturated heterocycles. The van der Waals surface area contributed by atoms with Crippen LogP contribution < -0.4 is 10.1 Å². The Morgan fingerprint density at radius 3 is 2.85 bits per heavy atom. The number of benzene rings is 1. The van der Waals surface area contributed by atoms with Crippen LogP contribution in [0.1, 0.15) is 37.2 Å². The minimum atomic E-state index is 0.235. The maximum Gasteiger partial charge on any atom is 0.223 e. The number of rotatable bonds is 6. The van der Waals surface area contributed by atoms with Crippen LogP contribution in [0, 0.1) is 6.92 Å². The van der Waals surface area contributed by atoms with E-state index in [-0.39, 0.29) is 12.6 Å². The lowest BCUT2D eigenvalue weighted by Crippen LogP contribution is -2.17. The summed E-state index contributed by atoms with van der Waals surface area (Å²) in [6, 6.07) is 6.02. The highest BCUT2D eigenvalue weighted by molar-refractivity contribution is 6.32. The Hall–Kier alpha value is -1.59. The third-order valence-electron chi connectivity index (χ3n) is 2.89. The molecule has 1 unspecified atom stereocenters. The highest BCUT2D eigenvalue weighted by Crippen LogP contribution is 2.28. The summed E-state index contributed by atoms with van der Waals surface area (Å²) in [5.74, 6) is 1.63. The molecule has 0 amide bonds. The van der Waals surface area contributed by atoms with E-state index in [9.17, 15) is 0 Å². The van der Waals surface area contributed by atoms with Crippen LogP contribution in [0.5, 0.6) is 5.75 Å². The first-order chi connectivity index (χ1) is 9.60. The summed E-state index contributed by atoms with van der Waals surface area (Å²) in [6.07, 6.45) is 0. The van der Waals surface area contributed by atoms with Crippen molar-refractivity contribution in [2.75, 3.05) is 6.54 Å². The molecule has 20 heavy (non-hydrogen) atoms. The summed E-state index contributed by atoms with van der Waals surface area (Å²) >= 11 is 6.23. The molecule has 1 atom stereocenters. The Morgan fingerprint density at radius 1 is 1.45 bits per heavy atom. The average Bonchev–Trinajstić information content (AvgIpc) is 2.83. The van der Waals surface area contributed by atoms with Crippen LogP contribution in [0.25, 0.3) is 0 Å². The SMILES string of the molecule is CCNC(C)c1ccc(OCc2noc(C)n2)c(Cl)c1. The highest BCUT2D eigenvalue weighted by Gasteiger charge is 2.09. The van der Waals surface area contributed by atoms with Gasteiger partial charge in [-0.25, -0.2) is 0 Å². The van der Waals surface area contributed by atoms with Gasteiger partial charge in [-0.3, -0.25) is 0 Å². The molecular weight excluding hydrogens is 278 g/mol. The van der Waals surface area contributed by atoms with Crippen molar-refractivity contribution < 1.29 is 9.26 Å². The normalized spacial score (nSPS) is 12.4. The molecule has 1 N–H and O–H groups in total. The fourth-order valence-electron chi connectivity index (χ4n) is 1.87. The van der Waals surface area contributed by atoms with E-state index in [0.29, 0.717) is 22.5 Å². The van der Waals surface area contributed by atoms with Crippen molar-refractivity contribution in [1.82, 2.24) is 15.5 Å². The van der Waals surface area contributed by atoms with Gasteiger partial charge in [0, 0.05) is 13.0 Å². The fourth-order valence-corrected chi connectivity index (χ4v) is 2.11. The van der Waals surface area contributed by atoms with Crippen LogP contribution in [-0.4, -0.2) is 16.7 Å². The van der Waals surface area contributed by atoms with Gasteiger partial charge in [-0.2, -0.15) is 4.98 Å². The van der Waals surface area contributed by atoms with Crippen LogP contribution in [0.15, 0.2) is 22.7 Å².